The van der Waals surface area contributed by atoms with Gasteiger partial charge in [-0.1, -0.05) is 0 Å². The number of unbranched alkanes of at least 4 members (excludes halogenated alkanes) is 1. The largest absolute Gasteiger partial charge is 0.308 e. The van der Waals surface area contributed by atoms with Crippen LogP contribution in [0.5, 0.6) is 0 Å². The highest BCUT2D eigenvalue weighted by Gasteiger charge is 2.19. The number of aldehydes is 1. The Kier molecular flexibility index (Phi) is 4.56. The van der Waals surface area contributed by atoms with E-state index in [1.165, 1.54) is 0 Å². The van der Waals surface area contributed by atoms with Crippen molar-refractivity contribution in [2.24, 2.45) is 0 Å². The molecule has 0 aliphatic heterocycles. The van der Waals surface area contributed by atoms with Gasteiger partial charge >= 0.3 is 0 Å². The maximum atomic E-state index is 10.5. The molecule has 0 fully saturated rings. The van der Waals surface area contributed by atoms with E-state index < -0.39 is 5.54 Å². The summed E-state index contributed by atoms with van der Waals surface area (Å²) in [6, 6.07) is 0. The van der Waals surface area contributed by atoms with Gasteiger partial charge in [0, 0.05) is 6.42 Å². The minimum Gasteiger partial charge on any atom is -0.308 e. The molecule has 1 N–H and O–H groups in total. The fourth-order valence-corrected chi connectivity index (χ4v) is 0.801. The molecule has 62 valence electrons. The first-order chi connectivity index (χ1) is 5.18. The standard InChI is InChI=1S/C9H15NO/c1-4-5-6-7-9(2,8-11)10-3/h1,8,10H,5-7H2,2-3H3/t9-/m0/s1. The molecule has 0 saturated carbocycles. The topological polar surface area (TPSA) is 29.1 Å². The first-order valence-corrected chi connectivity index (χ1v) is 3.77. The molecule has 0 aliphatic carbocycles. The Hall–Kier alpha value is -0.810. The average molecular weight is 153 g/mol. The van der Waals surface area contributed by atoms with Crippen molar-refractivity contribution in [3.05, 3.63) is 0 Å². The van der Waals surface area contributed by atoms with Gasteiger partial charge in [0.15, 0.2) is 0 Å². The number of carbonyl (C=O) groups excluding carboxylic acids is 1. The smallest absolute Gasteiger partial charge is 0.139 e. The molecular formula is C9H15NO. The summed E-state index contributed by atoms with van der Waals surface area (Å²) >= 11 is 0. The third kappa shape index (κ3) is 3.79. The van der Waals surface area contributed by atoms with Gasteiger partial charge in [-0.15, -0.1) is 12.3 Å². The second-order valence-corrected chi connectivity index (χ2v) is 2.84. The second-order valence-electron chi connectivity index (χ2n) is 2.84. The third-order valence-electron chi connectivity index (χ3n) is 1.85. The number of carbonyl (C=O) groups is 1. The minimum atomic E-state index is -0.392. The molecule has 0 aromatic rings. The SMILES string of the molecule is C#CCCC[C@@](C)(C=O)NC. The molecule has 0 rings (SSSR count). The molecule has 0 unspecified atom stereocenters. The van der Waals surface area contributed by atoms with E-state index in [0.29, 0.717) is 0 Å². The van der Waals surface area contributed by atoms with Crippen LogP contribution in [0, 0.1) is 12.3 Å². The van der Waals surface area contributed by atoms with E-state index >= 15 is 0 Å². The van der Waals surface area contributed by atoms with Crippen molar-refractivity contribution in [1.82, 2.24) is 5.32 Å². The predicted octanol–water partition coefficient (Wildman–Crippen LogP) is 0.967. The van der Waals surface area contributed by atoms with E-state index in [4.69, 9.17) is 6.42 Å². The Morgan fingerprint density at radius 3 is 2.73 bits per heavy atom. The summed E-state index contributed by atoms with van der Waals surface area (Å²) in [5.41, 5.74) is -0.392. The van der Waals surface area contributed by atoms with Gasteiger partial charge in [0.1, 0.15) is 6.29 Å². The van der Waals surface area contributed by atoms with E-state index in [1.807, 2.05) is 6.92 Å². The highest BCUT2D eigenvalue weighted by Crippen LogP contribution is 2.09. The molecule has 1 atom stereocenters. The summed E-state index contributed by atoms with van der Waals surface area (Å²) in [4.78, 5) is 10.5. The van der Waals surface area contributed by atoms with Crippen molar-refractivity contribution in [1.29, 1.82) is 0 Å². The lowest BCUT2D eigenvalue weighted by Crippen LogP contribution is -2.41. The van der Waals surface area contributed by atoms with Crippen LogP contribution in [0.15, 0.2) is 0 Å². The lowest BCUT2D eigenvalue weighted by atomic mass is 9.97. The Morgan fingerprint density at radius 2 is 2.36 bits per heavy atom. The summed E-state index contributed by atoms with van der Waals surface area (Å²) < 4.78 is 0. The van der Waals surface area contributed by atoms with Crippen molar-refractivity contribution in [2.75, 3.05) is 7.05 Å². The molecule has 0 amide bonds. The average Bonchev–Trinajstić information content (AvgIpc) is 2.05. The zero-order valence-electron chi connectivity index (χ0n) is 7.18. The van der Waals surface area contributed by atoms with Crippen LogP contribution in [-0.2, 0) is 4.79 Å². The molecular weight excluding hydrogens is 138 g/mol. The molecule has 0 aromatic carbocycles. The molecule has 0 aromatic heterocycles. The molecule has 2 heteroatoms. The lowest BCUT2D eigenvalue weighted by Gasteiger charge is -2.21. The van der Waals surface area contributed by atoms with Crippen molar-refractivity contribution in [3.8, 4) is 12.3 Å². The monoisotopic (exact) mass is 153 g/mol. The molecule has 0 bridgehead atoms. The fourth-order valence-electron chi connectivity index (χ4n) is 0.801. The van der Waals surface area contributed by atoms with Gasteiger partial charge in [-0.3, -0.25) is 0 Å². The number of hydrogen-bond acceptors (Lipinski definition) is 2. The van der Waals surface area contributed by atoms with Crippen LogP contribution in [0.1, 0.15) is 26.2 Å². The van der Waals surface area contributed by atoms with E-state index in [2.05, 4.69) is 11.2 Å². The summed E-state index contributed by atoms with van der Waals surface area (Å²) in [7, 11) is 1.78. The maximum Gasteiger partial charge on any atom is 0.139 e. The van der Waals surface area contributed by atoms with Crippen LogP contribution in [0.4, 0.5) is 0 Å². The molecule has 0 saturated heterocycles. The number of hydrogen-bond donors (Lipinski definition) is 1. The number of rotatable bonds is 5. The van der Waals surface area contributed by atoms with E-state index in [-0.39, 0.29) is 0 Å². The molecule has 0 radical (unpaired) electrons. The van der Waals surface area contributed by atoms with Crippen LogP contribution >= 0.6 is 0 Å². The van der Waals surface area contributed by atoms with Crippen molar-refractivity contribution in [3.63, 3.8) is 0 Å². The molecule has 0 spiro atoms. The van der Waals surface area contributed by atoms with Crippen molar-refractivity contribution in [2.45, 2.75) is 31.7 Å². The van der Waals surface area contributed by atoms with Gasteiger partial charge < -0.3 is 10.1 Å². The number of terminal acetylenes is 1. The molecule has 2 nitrogen and oxygen atoms in total. The molecule has 0 heterocycles. The predicted molar refractivity (Wildman–Crippen MR) is 46.2 cm³/mol. The quantitative estimate of drug-likeness (QED) is 0.362. The van der Waals surface area contributed by atoms with Gasteiger partial charge in [-0.2, -0.15) is 0 Å². The van der Waals surface area contributed by atoms with E-state index in [0.717, 1.165) is 25.5 Å². The zero-order valence-corrected chi connectivity index (χ0v) is 7.18. The van der Waals surface area contributed by atoms with Crippen LogP contribution in [0.25, 0.3) is 0 Å². The van der Waals surface area contributed by atoms with Gasteiger partial charge in [0.25, 0.3) is 0 Å². The minimum absolute atomic E-state index is 0.392. The first kappa shape index (κ1) is 10.2. The van der Waals surface area contributed by atoms with E-state index in [1.54, 1.807) is 7.05 Å². The lowest BCUT2D eigenvalue weighted by molar-refractivity contribution is -0.112. The molecule has 11 heavy (non-hydrogen) atoms. The van der Waals surface area contributed by atoms with Crippen LogP contribution in [-0.4, -0.2) is 18.9 Å². The van der Waals surface area contributed by atoms with Crippen molar-refractivity contribution < 1.29 is 4.79 Å². The Labute approximate surface area is 68.4 Å². The first-order valence-electron chi connectivity index (χ1n) is 3.77. The number of nitrogens with one attached hydrogen (secondary N) is 1. The summed E-state index contributed by atoms with van der Waals surface area (Å²) in [5.74, 6) is 2.54. The van der Waals surface area contributed by atoms with Crippen LogP contribution < -0.4 is 5.32 Å². The summed E-state index contributed by atoms with van der Waals surface area (Å²) in [5, 5.41) is 2.95. The zero-order chi connectivity index (χ0) is 8.74. The van der Waals surface area contributed by atoms with Gasteiger partial charge in [0.2, 0.25) is 0 Å². The summed E-state index contributed by atoms with van der Waals surface area (Å²) in [6.07, 6.45) is 8.46. The Bertz CT molecular complexity index is 159. The maximum absolute atomic E-state index is 10.5. The van der Waals surface area contributed by atoms with E-state index in [9.17, 15) is 4.79 Å². The fraction of sp³-hybridized carbons (Fsp3) is 0.667. The number of likely N-dealkylation sites (N-methyl/N-ethyl adjacent to an activating group) is 1. The van der Waals surface area contributed by atoms with Crippen LogP contribution in [0.3, 0.4) is 0 Å². The molecule has 0 aliphatic rings. The van der Waals surface area contributed by atoms with Gasteiger partial charge in [-0.05, 0) is 26.8 Å². The van der Waals surface area contributed by atoms with Crippen LogP contribution in [0.2, 0.25) is 0 Å². The Morgan fingerprint density at radius 1 is 1.73 bits per heavy atom. The van der Waals surface area contributed by atoms with Gasteiger partial charge in [0.05, 0.1) is 5.54 Å². The summed E-state index contributed by atoms with van der Waals surface area (Å²) in [6.45, 7) is 1.87. The normalized spacial score (nSPS) is 15.0. The Balaban J connectivity index is 3.71. The second kappa shape index (κ2) is 4.92. The highest BCUT2D eigenvalue weighted by molar-refractivity contribution is 5.63. The highest BCUT2D eigenvalue weighted by atomic mass is 16.1. The van der Waals surface area contributed by atoms with Gasteiger partial charge in [-0.25, -0.2) is 0 Å². The van der Waals surface area contributed by atoms with Crippen molar-refractivity contribution >= 4 is 6.29 Å². The third-order valence-corrected chi connectivity index (χ3v) is 1.85.